The summed E-state index contributed by atoms with van der Waals surface area (Å²) < 4.78 is 5.23. The summed E-state index contributed by atoms with van der Waals surface area (Å²) in [4.78, 5) is 11.6. The molecule has 0 aromatic rings. The summed E-state index contributed by atoms with van der Waals surface area (Å²) in [5.74, 6) is 0.0949. The molecule has 1 amide bonds. The van der Waals surface area contributed by atoms with Crippen LogP contribution in [-0.2, 0) is 9.53 Å². The molecular weight excluding hydrogens is 216 g/mol. The monoisotopic (exact) mass is 244 g/mol. The number of hydrogen-bond donors (Lipinski definition) is 2. The molecule has 1 unspecified atom stereocenters. The minimum absolute atomic E-state index is 0.0949. The van der Waals surface area contributed by atoms with Crippen molar-refractivity contribution in [2.24, 2.45) is 0 Å². The van der Waals surface area contributed by atoms with Crippen LogP contribution in [0.15, 0.2) is 0 Å². The molecule has 0 aliphatic rings. The van der Waals surface area contributed by atoms with Gasteiger partial charge in [0, 0.05) is 19.8 Å². The van der Waals surface area contributed by atoms with Crippen LogP contribution in [-0.4, -0.2) is 38.3 Å². The Morgan fingerprint density at radius 3 is 2.59 bits per heavy atom. The number of carbonyl (C=O) groups is 1. The average molecular weight is 244 g/mol. The fourth-order valence-electron chi connectivity index (χ4n) is 1.47. The molecule has 0 rings (SSSR count). The van der Waals surface area contributed by atoms with E-state index in [2.05, 4.69) is 17.6 Å². The summed E-state index contributed by atoms with van der Waals surface area (Å²) >= 11 is 0. The van der Waals surface area contributed by atoms with E-state index in [0.29, 0.717) is 0 Å². The first-order valence-corrected chi connectivity index (χ1v) is 6.81. The van der Waals surface area contributed by atoms with Crippen molar-refractivity contribution in [2.45, 2.75) is 52.5 Å². The third kappa shape index (κ3) is 10.3. The first kappa shape index (κ1) is 16.4. The molecule has 4 heteroatoms. The van der Waals surface area contributed by atoms with Gasteiger partial charge in [-0.2, -0.15) is 0 Å². The van der Waals surface area contributed by atoms with Crippen molar-refractivity contribution in [1.29, 1.82) is 0 Å². The molecule has 0 bridgehead atoms. The number of carbonyl (C=O) groups excluding carboxylic acids is 1. The zero-order valence-corrected chi connectivity index (χ0v) is 11.6. The largest absolute Gasteiger partial charge is 0.382 e. The molecule has 0 aromatic carbocycles. The first-order chi connectivity index (χ1) is 8.22. The van der Waals surface area contributed by atoms with Crippen LogP contribution < -0.4 is 10.6 Å². The van der Waals surface area contributed by atoms with Crippen LogP contribution in [0, 0.1) is 0 Å². The Morgan fingerprint density at radius 2 is 1.94 bits per heavy atom. The normalized spacial score (nSPS) is 12.4. The van der Waals surface area contributed by atoms with E-state index < -0.39 is 0 Å². The van der Waals surface area contributed by atoms with E-state index in [1.165, 1.54) is 12.8 Å². The maximum absolute atomic E-state index is 11.6. The highest BCUT2D eigenvalue weighted by Gasteiger charge is 2.10. The Balaban J connectivity index is 3.40. The molecule has 0 saturated carbocycles. The predicted molar refractivity (Wildman–Crippen MR) is 71.1 cm³/mol. The summed E-state index contributed by atoms with van der Waals surface area (Å²) in [5, 5.41) is 6.13. The summed E-state index contributed by atoms with van der Waals surface area (Å²) in [6.45, 7) is 9.17. The molecule has 0 radical (unpaired) electrons. The van der Waals surface area contributed by atoms with Crippen molar-refractivity contribution < 1.29 is 9.53 Å². The van der Waals surface area contributed by atoms with Crippen LogP contribution in [0.2, 0.25) is 0 Å². The molecular formula is C13H28N2O2. The summed E-state index contributed by atoms with van der Waals surface area (Å²) in [6, 6.07) is -0.113. The third-order valence-corrected chi connectivity index (χ3v) is 2.59. The highest BCUT2D eigenvalue weighted by Crippen LogP contribution is 1.92. The molecule has 17 heavy (non-hydrogen) atoms. The van der Waals surface area contributed by atoms with Crippen molar-refractivity contribution in [2.75, 3.05) is 26.3 Å². The number of ether oxygens (including phenoxy) is 1. The molecule has 2 N–H and O–H groups in total. The lowest BCUT2D eigenvalue weighted by Crippen LogP contribution is -2.42. The fourth-order valence-corrected chi connectivity index (χ4v) is 1.47. The topological polar surface area (TPSA) is 50.4 Å². The third-order valence-electron chi connectivity index (χ3n) is 2.59. The van der Waals surface area contributed by atoms with Gasteiger partial charge in [-0.05, 0) is 33.2 Å². The molecule has 0 aromatic heterocycles. The average Bonchev–Trinajstić information content (AvgIpc) is 2.34. The number of amides is 1. The molecule has 4 nitrogen and oxygen atoms in total. The zero-order valence-electron chi connectivity index (χ0n) is 11.6. The van der Waals surface area contributed by atoms with Crippen LogP contribution >= 0.6 is 0 Å². The second-order valence-corrected chi connectivity index (χ2v) is 4.22. The minimum atomic E-state index is -0.113. The van der Waals surface area contributed by atoms with E-state index in [4.69, 9.17) is 4.74 Å². The number of unbranched alkanes of at least 4 members (excludes halogenated alkanes) is 2. The maximum atomic E-state index is 11.6. The SMILES string of the molecule is CCCCCNC(=O)C(C)NCCCOCC. The van der Waals surface area contributed by atoms with Gasteiger partial charge in [0.1, 0.15) is 0 Å². The van der Waals surface area contributed by atoms with Crippen molar-refractivity contribution >= 4 is 5.91 Å². The van der Waals surface area contributed by atoms with Gasteiger partial charge in [0.15, 0.2) is 0 Å². The van der Waals surface area contributed by atoms with E-state index in [-0.39, 0.29) is 11.9 Å². The van der Waals surface area contributed by atoms with Crippen LogP contribution in [0.4, 0.5) is 0 Å². The van der Waals surface area contributed by atoms with Gasteiger partial charge < -0.3 is 15.4 Å². The quantitative estimate of drug-likeness (QED) is 0.544. The molecule has 102 valence electrons. The van der Waals surface area contributed by atoms with E-state index in [1.54, 1.807) is 0 Å². The lowest BCUT2D eigenvalue weighted by molar-refractivity contribution is -0.122. The van der Waals surface area contributed by atoms with Gasteiger partial charge in [0.2, 0.25) is 5.91 Å². The minimum Gasteiger partial charge on any atom is -0.382 e. The molecule has 0 spiro atoms. The Kier molecular flexibility index (Phi) is 11.4. The standard InChI is InChI=1S/C13H28N2O2/c1-4-6-7-9-15-13(16)12(3)14-10-8-11-17-5-2/h12,14H,4-11H2,1-3H3,(H,15,16). The summed E-state index contributed by atoms with van der Waals surface area (Å²) in [5.41, 5.74) is 0. The van der Waals surface area contributed by atoms with Crippen molar-refractivity contribution in [3.05, 3.63) is 0 Å². The summed E-state index contributed by atoms with van der Waals surface area (Å²) in [7, 11) is 0. The number of hydrogen-bond acceptors (Lipinski definition) is 3. The number of nitrogens with one attached hydrogen (secondary N) is 2. The van der Waals surface area contributed by atoms with E-state index in [0.717, 1.165) is 39.1 Å². The summed E-state index contributed by atoms with van der Waals surface area (Å²) in [6.07, 6.45) is 4.37. The second-order valence-electron chi connectivity index (χ2n) is 4.22. The Labute approximate surface area is 105 Å². The molecule has 1 atom stereocenters. The second kappa shape index (κ2) is 11.9. The van der Waals surface area contributed by atoms with Crippen molar-refractivity contribution in [3.63, 3.8) is 0 Å². The molecule has 0 saturated heterocycles. The van der Waals surface area contributed by atoms with Gasteiger partial charge in [-0.15, -0.1) is 0 Å². The lowest BCUT2D eigenvalue weighted by Gasteiger charge is -2.13. The van der Waals surface area contributed by atoms with Gasteiger partial charge in [-0.1, -0.05) is 19.8 Å². The molecule has 0 fully saturated rings. The van der Waals surface area contributed by atoms with Crippen LogP contribution in [0.3, 0.4) is 0 Å². The first-order valence-electron chi connectivity index (χ1n) is 6.81. The maximum Gasteiger partial charge on any atom is 0.236 e. The van der Waals surface area contributed by atoms with E-state index in [9.17, 15) is 4.79 Å². The van der Waals surface area contributed by atoms with Gasteiger partial charge in [0.05, 0.1) is 6.04 Å². The predicted octanol–water partition coefficient (Wildman–Crippen LogP) is 1.70. The lowest BCUT2D eigenvalue weighted by atomic mass is 10.2. The molecule has 0 aliphatic heterocycles. The fraction of sp³-hybridized carbons (Fsp3) is 0.923. The van der Waals surface area contributed by atoms with E-state index in [1.807, 2.05) is 13.8 Å². The smallest absolute Gasteiger partial charge is 0.236 e. The highest BCUT2D eigenvalue weighted by atomic mass is 16.5. The van der Waals surface area contributed by atoms with Gasteiger partial charge >= 0.3 is 0 Å². The van der Waals surface area contributed by atoms with Gasteiger partial charge in [-0.3, -0.25) is 4.79 Å². The van der Waals surface area contributed by atoms with Crippen LogP contribution in [0.25, 0.3) is 0 Å². The van der Waals surface area contributed by atoms with Crippen LogP contribution in [0.1, 0.15) is 46.5 Å². The Bertz CT molecular complexity index is 186. The highest BCUT2D eigenvalue weighted by molar-refractivity contribution is 5.81. The van der Waals surface area contributed by atoms with Gasteiger partial charge in [-0.25, -0.2) is 0 Å². The Morgan fingerprint density at radius 1 is 1.18 bits per heavy atom. The zero-order chi connectivity index (χ0) is 12.9. The number of rotatable bonds is 11. The van der Waals surface area contributed by atoms with Crippen molar-refractivity contribution in [1.82, 2.24) is 10.6 Å². The molecule has 0 aliphatic carbocycles. The molecule has 0 heterocycles. The Hall–Kier alpha value is -0.610. The van der Waals surface area contributed by atoms with Crippen LogP contribution in [0.5, 0.6) is 0 Å². The van der Waals surface area contributed by atoms with E-state index >= 15 is 0 Å². The van der Waals surface area contributed by atoms with Crippen molar-refractivity contribution in [3.8, 4) is 0 Å². The van der Waals surface area contributed by atoms with Gasteiger partial charge in [0.25, 0.3) is 0 Å².